The van der Waals surface area contributed by atoms with E-state index in [9.17, 15) is 0 Å². The van der Waals surface area contributed by atoms with Crippen molar-refractivity contribution in [3.8, 4) is 0 Å². The van der Waals surface area contributed by atoms with Crippen molar-refractivity contribution in [3.63, 3.8) is 0 Å². The molecular weight excluding hydrogens is 374 g/mol. The summed E-state index contributed by atoms with van der Waals surface area (Å²) in [4.78, 5) is 7.79. The number of likely N-dealkylation sites (tertiary alicyclic amines) is 3. The molecule has 0 bridgehead atoms. The number of rotatable bonds is 6. The van der Waals surface area contributed by atoms with E-state index in [0.29, 0.717) is 23.8 Å². The minimum atomic E-state index is -0.0595. The van der Waals surface area contributed by atoms with Gasteiger partial charge in [0.2, 0.25) is 0 Å². The molecule has 3 heterocycles. The van der Waals surface area contributed by atoms with Gasteiger partial charge in [-0.3, -0.25) is 9.80 Å². The molecule has 2 unspecified atom stereocenters. The van der Waals surface area contributed by atoms with Gasteiger partial charge in [-0.1, -0.05) is 0 Å². The smallest absolute Gasteiger partial charge is 0.0721 e. The average molecular weight is 424 g/mol. The molecule has 0 saturated carbocycles. The first-order chi connectivity index (χ1) is 14.0. The maximum atomic E-state index is 6.54. The van der Waals surface area contributed by atoms with E-state index in [0.717, 1.165) is 25.5 Å². The molecule has 0 amide bonds. The Hall–Kier alpha value is -0.200. The first-order valence-electron chi connectivity index (χ1n) is 12.5. The number of hydrogen-bond acceptors (Lipinski definition) is 5. The second kappa shape index (κ2) is 10.2. The van der Waals surface area contributed by atoms with E-state index in [1.807, 2.05) is 0 Å². The molecule has 5 nitrogen and oxygen atoms in total. The van der Waals surface area contributed by atoms with Crippen molar-refractivity contribution in [2.24, 2.45) is 5.92 Å². The number of piperidine rings is 2. The highest BCUT2D eigenvalue weighted by Gasteiger charge is 2.34. The quantitative estimate of drug-likeness (QED) is 0.647. The van der Waals surface area contributed by atoms with Crippen LogP contribution >= 0.6 is 0 Å². The third-order valence-corrected chi connectivity index (χ3v) is 7.36. The van der Waals surface area contributed by atoms with Gasteiger partial charge in [0.05, 0.1) is 24.4 Å². The molecule has 3 saturated heterocycles. The van der Waals surface area contributed by atoms with E-state index >= 15 is 0 Å². The molecule has 0 N–H and O–H groups in total. The van der Waals surface area contributed by atoms with Gasteiger partial charge in [0.1, 0.15) is 0 Å². The van der Waals surface area contributed by atoms with Gasteiger partial charge in [-0.05, 0) is 99.7 Å². The second-order valence-electron chi connectivity index (χ2n) is 12.1. The molecule has 0 aromatic carbocycles. The van der Waals surface area contributed by atoms with Crippen molar-refractivity contribution in [2.75, 3.05) is 52.9 Å². The van der Waals surface area contributed by atoms with E-state index in [1.165, 1.54) is 58.4 Å². The molecule has 30 heavy (non-hydrogen) atoms. The normalized spacial score (nSPS) is 29.7. The van der Waals surface area contributed by atoms with Crippen molar-refractivity contribution in [1.82, 2.24) is 14.7 Å². The lowest BCUT2D eigenvalue weighted by Crippen LogP contribution is -2.48. The topological polar surface area (TPSA) is 28.2 Å². The van der Waals surface area contributed by atoms with Crippen LogP contribution in [0.25, 0.3) is 0 Å². The van der Waals surface area contributed by atoms with Crippen molar-refractivity contribution in [3.05, 3.63) is 0 Å². The molecule has 3 rings (SSSR count). The Labute approximate surface area is 186 Å². The van der Waals surface area contributed by atoms with E-state index in [1.54, 1.807) is 0 Å². The summed E-state index contributed by atoms with van der Waals surface area (Å²) >= 11 is 0. The SMILES string of the molecule is CN1CC(OC2CCN(CC3CCN(C(C)(C)C)CC3)CC2)CC1COC(C)(C)C. The van der Waals surface area contributed by atoms with Gasteiger partial charge in [-0.15, -0.1) is 0 Å². The van der Waals surface area contributed by atoms with Gasteiger partial charge in [0.25, 0.3) is 0 Å². The predicted molar refractivity (Wildman–Crippen MR) is 125 cm³/mol. The molecule has 5 heteroatoms. The first-order valence-corrected chi connectivity index (χ1v) is 12.5. The molecule has 3 aliphatic rings. The van der Waals surface area contributed by atoms with Gasteiger partial charge in [0.15, 0.2) is 0 Å². The summed E-state index contributed by atoms with van der Waals surface area (Å²) in [5.74, 6) is 0.883. The largest absolute Gasteiger partial charge is 0.374 e. The number of likely N-dealkylation sites (N-methyl/N-ethyl adjacent to an activating group) is 1. The maximum Gasteiger partial charge on any atom is 0.0721 e. The highest BCUT2D eigenvalue weighted by Crippen LogP contribution is 2.27. The third kappa shape index (κ3) is 7.44. The third-order valence-electron chi connectivity index (χ3n) is 7.36. The Balaban J connectivity index is 1.32. The average Bonchev–Trinajstić information content (AvgIpc) is 3.00. The van der Waals surface area contributed by atoms with E-state index < -0.39 is 0 Å². The van der Waals surface area contributed by atoms with Crippen LogP contribution in [0.2, 0.25) is 0 Å². The Bertz CT molecular complexity index is 511. The molecule has 0 radical (unpaired) electrons. The Morgan fingerprint density at radius 1 is 0.833 bits per heavy atom. The maximum absolute atomic E-state index is 6.54. The lowest BCUT2D eigenvalue weighted by atomic mass is 9.92. The number of nitrogens with zero attached hydrogens (tertiary/aromatic N) is 3. The van der Waals surface area contributed by atoms with Crippen LogP contribution in [0.5, 0.6) is 0 Å². The number of ether oxygens (including phenoxy) is 2. The molecular formula is C25H49N3O2. The molecule has 3 fully saturated rings. The Kier molecular flexibility index (Phi) is 8.28. The minimum absolute atomic E-state index is 0.0595. The molecule has 0 spiro atoms. The fraction of sp³-hybridized carbons (Fsp3) is 1.00. The fourth-order valence-corrected chi connectivity index (χ4v) is 5.32. The van der Waals surface area contributed by atoms with Crippen LogP contribution in [-0.4, -0.2) is 97.0 Å². The zero-order valence-corrected chi connectivity index (χ0v) is 21.0. The predicted octanol–water partition coefficient (Wildman–Crippen LogP) is 3.87. The van der Waals surface area contributed by atoms with Gasteiger partial charge >= 0.3 is 0 Å². The lowest BCUT2D eigenvalue weighted by molar-refractivity contribution is -0.0425. The van der Waals surface area contributed by atoms with E-state index in [2.05, 4.69) is 63.3 Å². The van der Waals surface area contributed by atoms with Crippen LogP contribution in [0.3, 0.4) is 0 Å². The van der Waals surface area contributed by atoms with Gasteiger partial charge in [0, 0.05) is 37.8 Å². The first kappa shape index (κ1) is 24.4. The van der Waals surface area contributed by atoms with Gasteiger partial charge in [-0.25, -0.2) is 0 Å². The summed E-state index contributed by atoms with van der Waals surface area (Å²) in [5.41, 5.74) is 0.267. The fourth-order valence-electron chi connectivity index (χ4n) is 5.32. The monoisotopic (exact) mass is 423 g/mol. The molecule has 0 aromatic heterocycles. The zero-order valence-electron chi connectivity index (χ0n) is 21.0. The van der Waals surface area contributed by atoms with Crippen LogP contribution in [0, 0.1) is 5.92 Å². The van der Waals surface area contributed by atoms with Crippen LogP contribution in [0.4, 0.5) is 0 Å². The highest BCUT2D eigenvalue weighted by atomic mass is 16.5. The Morgan fingerprint density at radius 3 is 2.03 bits per heavy atom. The van der Waals surface area contributed by atoms with Crippen molar-refractivity contribution in [2.45, 2.75) is 103 Å². The van der Waals surface area contributed by atoms with Gasteiger partial charge < -0.3 is 14.4 Å². The van der Waals surface area contributed by atoms with E-state index in [-0.39, 0.29) is 5.60 Å². The minimum Gasteiger partial charge on any atom is -0.374 e. The molecule has 0 aliphatic carbocycles. The van der Waals surface area contributed by atoms with Crippen molar-refractivity contribution >= 4 is 0 Å². The molecule has 2 atom stereocenters. The molecule has 0 aromatic rings. The second-order valence-corrected chi connectivity index (χ2v) is 12.1. The molecule has 176 valence electrons. The lowest BCUT2D eigenvalue weighted by Gasteiger charge is -2.42. The standard InChI is InChI=1S/C25H49N3O2/c1-24(2,3)28-14-8-20(9-15-28)17-27-12-10-22(11-13-27)30-23-16-21(26(7)18-23)19-29-25(4,5)6/h20-23H,8-19H2,1-7H3. The van der Waals surface area contributed by atoms with E-state index in [4.69, 9.17) is 9.47 Å². The van der Waals surface area contributed by atoms with Crippen LogP contribution in [-0.2, 0) is 9.47 Å². The summed E-state index contributed by atoms with van der Waals surface area (Å²) in [7, 11) is 2.22. The summed E-state index contributed by atoms with van der Waals surface area (Å²) in [6.07, 6.45) is 7.06. The summed E-state index contributed by atoms with van der Waals surface area (Å²) in [5, 5.41) is 0. The van der Waals surface area contributed by atoms with Crippen molar-refractivity contribution < 1.29 is 9.47 Å². The summed E-state index contributed by atoms with van der Waals surface area (Å²) in [6.45, 7) is 21.6. The molecule has 3 aliphatic heterocycles. The number of hydrogen-bond donors (Lipinski definition) is 0. The van der Waals surface area contributed by atoms with Gasteiger partial charge in [-0.2, -0.15) is 0 Å². The Morgan fingerprint density at radius 2 is 1.47 bits per heavy atom. The zero-order chi connectivity index (χ0) is 21.9. The summed E-state index contributed by atoms with van der Waals surface area (Å²) < 4.78 is 12.6. The summed E-state index contributed by atoms with van der Waals surface area (Å²) in [6, 6.07) is 0.494. The van der Waals surface area contributed by atoms with Crippen molar-refractivity contribution in [1.29, 1.82) is 0 Å². The van der Waals surface area contributed by atoms with Crippen LogP contribution in [0.1, 0.15) is 73.6 Å². The van der Waals surface area contributed by atoms with Crippen LogP contribution in [0.15, 0.2) is 0 Å². The highest BCUT2D eigenvalue weighted by molar-refractivity contribution is 4.87. The van der Waals surface area contributed by atoms with Crippen LogP contribution < -0.4 is 0 Å².